The van der Waals surface area contributed by atoms with Crippen molar-refractivity contribution in [2.45, 2.75) is 84.8 Å². The highest BCUT2D eigenvalue weighted by Gasteiger charge is 2.53. The van der Waals surface area contributed by atoms with E-state index in [1.165, 1.54) is 11.3 Å². The van der Waals surface area contributed by atoms with E-state index in [-0.39, 0.29) is 17.9 Å². The van der Waals surface area contributed by atoms with Gasteiger partial charge in [-0.3, -0.25) is 19.2 Å². The summed E-state index contributed by atoms with van der Waals surface area (Å²) in [7, 11) is 1.98. The monoisotopic (exact) mass is 417 g/mol. The molecule has 168 valence electrons. The summed E-state index contributed by atoms with van der Waals surface area (Å²) in [6.07, 6.45) is 4.05. The lowest BCUT2D eigenvalue weighted by molar-refractivity contribution is -0.161. The van der Waals surface area contributed by atoms with Gasteiger partial charge in [-0.1, -0.05) is 27.2 Å². The van der Waals surface area contributed by atoms with Crippen molar-refractivity contribution in [3.05, 3.63) is 17.0 Å². The van der Waals surface area contributed by atoms with Crippen molar-refractivity contribution in [2.24, 2.45) is 13.0 Å². The molecule has 1 N–H and O–H groups in total. The van der Waals surface area contributed by atoms with Crippen molar-refractivity contribution < 1.29 is 9.59 Å². The normalized spacial score (nSPS) is 22.2. The van der Waals surface area contributed by atoms with Gasteiger partial charge in [-0.05, 0) is 45.4 Å². The first-order valence-electron chi connectivity index (χ1n) is 11.5. The van der Waals surface area contributed by atoms with Crippen LogP contribution in [0.4, 0.5) is 0 Å². The second-order valence-electron chi connectivity index (χ2n) is 9.58. The number of piperazine rings is 1. The van der Waals surface area contributed by atoms with E-state index in [9.17, 15) is 9.59 Å². The van der Waals surface area contributed by atoms with Gasteiger partial charge in [0.25, 0.3) is 0 Å². The Morgan fingerprint density at radius 1 is 1.20 bits per heavy atom. The van der Waals surface area contributed by atoms with Gasteiger partial charge in [-0.15, -0.1) is 0 Å². The fourth-order valence-corrected chi connectivity index (χ4v) is 5.00. The highest BCUT2D eigenvalue weighted by molar-refractivity contribution is 6.00. The molecule has 2 aliphatic heterocycles. The predicted octanol–water partition coefficient (Wildman–Crippen LogP) is 2.54. The predicted molar refractivity (Wildman–Crippen MR) is 118 cm³/mol. The molecule has 3 rings (SSSR count). The van der Waals surface area contributed by atoms with Crippen LogP contribution < -0.4 is 5.32 Å². The Labute approximate surface area is 181 Å². The summed E-state index contributed by atoms with van der Waals surface area (Å²) in [5.74, 6) is 0.538. The Hall–Kier alpha value is -1.89. The highest BCUT2D eigenvalue weighted by Crippen LogP contribution is 2.35. The number of aromatic nitrogens is 2. The van der Waals surface area contributed by atoms with Crippen molar-refractivity contribution in [3.8, 4) is 0 Å². The molecule has 2 fully saturated rings. The van der Waals surface area contributed by atoms with Crippen molar-refractivity contribution in [2.75, 3.05) is 19.6 Å². The number of aryl methyl sites for hydroxylation is 2. The van der Waals surface area contributed by atoms with Crippen LogP contribution in [0.25, 0.3) is 0 Å². The Bertz CT molecular complexity index is 777. The number of hydrogen-bond acceptors (Lipinski definition) is 4. The number of nitrogens with one attached hydrogen (secondary N) is 1. The van der Waals surface area contributed by atoms with Crippen molar-refractivity contribution in [1.29, 1.82) is 0 Å². The second kappa shape index (κ2) is 9.08. The smallest absolute Gasteiger partial charge is 0.246 e. The Balaban J connectivity index is 1.75. The SMILES string of the molecule is CCCCN1C(=O)[C@H](CC(C)C)NC(=O)C12CCN(Cc1c(C)nn(C)c1C)CC2. The number of carbonyl (C=O) groups excluding carboxylic acids is 2. The molecule has 7 heteroatoms. The first-order valence-corrected chi connectivity index (χ1v) is 11.5. The van der Waals surface area contributed by atoms with Crippen molar-refractivity contribution in [3.63, 3.8) is 0 Å². The van der Waals surface area contributed by atoms with Gasteiger partial charge in [-0.25, -0.2) is 0 Å². The Morgan fingerprint density at radius 3 is 2.40 bits per heavy atom. The zero-order valence-electron chi connectivity index (χ0n) is 19.6. The molecule has 0 unspecified atom stereocenters. The van der Waals surface area contributed by atoms with Crippen LogP contribution in [0.3, 0.4) is 0 Å². The third-order valence-corrected chi connectivity index (χ3v) is 6.97. The molecule has 0 bridgehead atoms. The quantitative estimate of drug-likeness (QED) is 0.740. The molecule has 1 aromatic rings. The topological polar surface area (TPSA) is 70.5 Å². The first kappa shape index (κ1) is 22.8. The van der Waals surface area contributed by atoms with E-state index in [0.29, 0.717) is 31.7 Å². The highest BCUT2D eigenvalue weighted by atomic mass is 16.2. The minimum absolute atomic E-state index is 0.0530. The van der Waals surface area contributed by atoms with Gasteiger partial charge in [-0.2, -0.15) is 5.10 Å². The van der Waals surface area contributed by atoms with Gasteiger partial charge in [0.15, 0.2) is 0 Å². The average molecular weight is 418 g/mol. The molecule has 0 aliphatic carbocycles. The molecule has 1 atom stereocenters. The van der Waals surface area contributed by atoms with E-state index >= 15 is 0 Å². The number of piperidine rings is 1. The largest absolute Gasteiger partial charge is 0.342 e. The number of rotatable bonds is 7. The molecule has 7 nitrogen and oxygen atoms in total. The zero-order chi connectivity index (χ0) is 22.1. The molecule has 0 aromatic carbocycles. The fourth-order valence-electron chi connectivity index (χ4n) is 5.00. The van der Waals surface area contributed by atoms with E-state index in [1.807, 2.05) is 16.6 Å². The van der Waals surface area contributed by atoms with Gasteiger partial charge < -0.3 is 10.2 Å². The molecule has 0 saturated carbocycles. The molecule has 1 spiro atoms. The summed E-state index contributed by atoms with van der Waals surface area (Å²) in [6, 6.07) is -0.376. The minimum atomic E-state index is -0.685. The molecular formula is C23H39N5O2. The summed E-state index contributed by atoms with van der Waals surface area (Å²) in [6.45, 7) is 13.6. The van der Waals surface area contributed by atoms with Gasteiger partial charge in [0.2, 0.25) is 11.8 Å². The van der Waals surface area contributed by atoms with Crippen LogP contribution in [0.5, 0.6) is 0 Å². The van der Waals surface area contributed by atoms with Gasteiger partial charge >= 0.3 is 0 Å². The number of nitrogens with zero attached hydrogens (tertiary/aromatic N) is 4. The lowest BCUT2D eigenvalue weighted by Gasteiger charge is -2.52. The maximum atomic E-state index is 13.3. The van der Waals surface area contributed by atoms with Crippen LogP contribution in [-0.2, 0) is 23.2 Å². The molecule has 3 heterocycles. The average Bonchev–Trinajstić information content (AvgIpc) is 2.93. The molecule has 2 aliphatic rings. The van der Waals surface area contributed by atoms with Crippen LogP contribution >= 0.6 is 0 Å². The minimum Gasteiger partial charge on any atom is -0.342 e. The molecule has 0 radical (unpaired) electrons. The summed E-state index contributed by atoms with van der Waals surface area (Å²) in [4.78, 5) is 31.0. The van der Waals surface area contributed by atoms with Crippen LogP contribution in [-0.4, -0.2) is 62.6 Å². The summed E-state index contributed by atoms with van der Waals surface area (Å²) in [5.41, 5.74) is 2.86. The third kappa shape index (κ3) is 4.27. The third-order valence-electron chi connectivity index (χ3n) is 6.97. The lowest BCUT2D eigenvalue weighted by Crippen LogP contribution is -2.73. The first-order chi connectivity index (χ1) is 14.2. The number of likely N-dealkylation sites (tertiary alicyclic amines) is 1. The maximum Gasteiger partial charge on any atom is 0.246 e. The van der Waals surface area contributed by atoms with Crippen LogP contribution in [0.15, 0.2) is 0 Å². The number of carbonyl (C=O) groups is 2. The molecule has 2 saturated heterocycles. The fraction of sp³-hybridized carbons (Fsp3) is 0.783. The van der Waals surface area contributed by atoms with Gasteiger partial charge in [0.05, 0.1) is 5.69 Å². The van der Waals surface area contributed by atoms with Gasteiger partial charge in [0.1, 0.15) is 11.6 Å². The summed E-state index contributed by atoms with van der Waals surface area (Å²) >= 11 is 0. The molecule has 30 heavy (non-hydrogen) atoms. The standard InChI is InChI=1S/C23H39N5O2/c1-7-8-11-28-21(29)20(14-16(2)3)24-22(30)23(28)9-12-27(13-10-23)15-19-17(4)25-26(6)18(19)5/h16,20H,7-15H2,1-6H3,(H,24,30)/t20-/m0/s1. The van der Waals surface area contributed by atoms with Crippen LogP contribution in [0.2, 0.25) is 0 Å². The Morgan fingerprint density at radius 2 is 1.87 bits per heavy atom. The van der Waals surface area contributed by atoms with Crippen molar-refractivity contribution in [1.82, 2.24) is 24.9 Å². The number of amides is 2. The maximum absolute atomic E-state index is 13.3. The molecule has 1 aromatic heterocycles. The van der Waals surface area contributed by atoms with E-state index < -0.39 is 5.54 Å². The zero-order valence-corrected chi connectivity index (χ0v) is 19.6. The Kier molecular flexibility index (Phi) is 6.90. The van der Waals surface area contributed by atoms with Gasteiger partial charge in [0, 0.05) is 44.5 Å². The van der Waals surface area contributed by atoms with Crippen molar-refractivity contribution >= 4 is 11.8 Å². The molecular weight excluding hydrogens is 378 g/mol. The number of unbranched alkanes of at least 4 members (excludes halogenated alkanes) is 1. The molecule has 2 amide bonds. The summed E-state index contributed by atoms with van der Waals surface area (Å²) < 4.78 is 1.94. The van der Waals surface area contributed by atoms with E-state index in [0.717, 1.165) is 38.2 Å². The second-order valence-corrected chi connectivity index (χ2v) is 9.58. The summed E-state index contributed by atoms with van der Waals surface area (Å²) in [5, 5.41) is 7.62. The van der Waals surface area contributed by atoms with Crippen LogP contribution in [0.1, 0.15) is 69.8 Å². The van der Waals surface area contributed by atoms with E-state index in [2.05, 4.69) is 49.9 Å². The van der Waals surface area contributed by atoms with E-state index in [1.54, 1.807) is 0 Å². The lowest BCUT2D eigenvalue weighted by atomic mass is 9.80. The van der Waals surface area contributed by atoms with Crippen LogP contribution in [0, 0.1) is 19.8 Å². The number of hydrogen-bond donors (Lipinski definition) is 1. The van der Waals surface area contributed by atoms with E-state index in [4.69, 9.17) is 0 Å².